The lowest BCUT2D eigenvalue weighted by atomic mass is 10.1. The largest absolute Gasteiger partial charge is 0.478 e. The minimum absolute atomic E-state index is 0.149. The van der Waals surface area contributed by atoms with Crippen LogP contribution in [-0.4, -0.2) is 11.1 Å². The van der Waals surface area contributed by atoms with Gasteiger partial charge in [-0.3, -0.25) is 0 Å². The number of nitrogens with one attached hydrogen (secondary N) is 1. The Hall–Kier alpha value is -1.60. The highest BCUT2D eigenvalue weighted by atomic mass is 79.9. The SMILES string of the molecule is Nc1cc(C(=O)O)c(F)cc1Nc1cc(Br)ccc1Br. The van der Waals surface area contributed by atoms with Crippen LogP contribution in [0.4, 0.5) is 21.5 Å². The van der Waals surface area contributed by atoms with Crippen LogP contribution >= 0.6 is 31.9 Å². The lowest BCUT2D eigenvalue weighted by Gasteiger charge is -2.12. The maximum Gasteiger partial charge on any atom is 0.338 e. The number of nitrogens with two attached hydrogens (primary N) is 1. The number of hydrogen-bond donors (Lipinski definition) is 3. The molecule has 0 fully saturated rings. The van der Waals surface area contributed by atoms with Crippen molar-refractivity contribution in [2.24, 2.45) is 0 Å². The lowest BCUT2D eigenvalue weighted by Crippen LogP contribution is -2.05. The molecule has 0 heterocycles. The molecule has 2 aromatic rings. The minimum Gasteiger partial charge on any atom is -0.478 e. The van der Waals surface area contributed by atoms with E-state index in [0.29, 0.717) is 11.4 Å². The molecule has 7 heteroatoms. The fourth-order valence-electron chi connectivity index (χ4n) is 1.60. The summed E-state index contributed by atoms with van der Waals surface area (Å²) < 4.78 is 15.3. The number of carboxylic acids is 1. The predicted molar refractivity (Wildman–Crippen MR) is 82.9 cm³/mol. The number of hydrogen-bond acceptors (Lipinski definition) is 3. The second-order valence-electron chi connectivity index (χ2n) is 3.97. The Morgan fingerprint density at radius 2 is 1.90 bits per heavy atom. The molecule has 0 unspecified atom stereocenters. The van der Waals surface area contributed by atoms with Crippen molar-refractivity contribution in [3.05, 3.63) is 50.7 Å². The Balaban J connectivity index is 2.42. The molecule has 0 aliphatic carbocycles. The molecule has 2 aromatic carbocycles. The first-order valence-electron chi connectivity index (χ1n) is 5.43. The normalized spacial score (nSPS) is 10.3. The fourth-order valence-corrected chi connectivity index (χ4v) is 2.31. The van der Waals surface area contributed by atoms with E-state index in [9.17, 15) is 9.18 Å². The minimum atomic E-state index is -1.36. The molecule has 0 aromatic heterocycles. The van der Waals surface area contributed by atoms with E-state index in [4.69, 9.17) is 10.8 Å². The summed E-state index contributed by atoms with van der Waals surface area (Å²) in [5.41, 5.74) is 6.41. The molecular weight excluding hydrogens is 395 g/mol. The highest BCUT2D eigenvalue weighted by Crippen LogP contribution is 2.32. The van der Waals surface area contributed by atoms with Gasteiger partial charge in [0.15, 0.2) is 0 Å². The van der Waals surface area contributed by atoms with Crippen molar-refractivity contribution in [3.63, 3.8) is 0 Å². The Kier molecular flexibility index (Phi) is 4.29. The van der Waals surface area contributed by atoms with Crippen LogP contribution in [0, 0.1) is 5.82 Å². The molecule has 4 N–H and O–H groups in total. The highest BCUT2D eigenvalue weighted by molar-refractivity contribution is 9.11. The molecule has 0 spiro atoms. The smallest absolute Gasteiger partial charge is 0.338 e. The molecule has 0 saturated heterocycles. The van der Waals surface area contributed by atoms with Crippen molar-refractivity contribution in [1.82, 2.24) is 0 Å². The summed E-state index contributed by atoms with van der Waals surface area (Å²) in [6, 6.07) is 7.59. The molecule has 104 valence electrons. The second kappa shape index (κ2) is 5.80. The van der Waals surface area contributed by atoms with E-state index < -0.39 is 17.3 Å². The molecule has 2 rings (SSSR count). The summed E-state index contributed by atoms with van der Waals surface area (Å²) in [6.45, 7) is 0. The second-order valence-corrected chi connectivity index (χ2v) is 5.74. The number of aromatic carboxylic acids is 1. The number of carboxylic acid groups (broad SMARTS) is 1. The Morgan fingerprint density at radius 1 is 1.20 bits per heavy atom. The van der Waals surface area contributed by atoms with Gasteiger partial charge in [-0.1, -0.05) is 15.9 Å². The van der Waals surface area contributed by atoms with Crippen LogP contribution in [-0.2, 0) is 0 Å². The van der Waals surface area contributed by atoms with Gasteiger partial charge in [-0.05, 0) is 40.2 Å². The average Bonchev–Trinajstić information content (AvgIpc) is 2.37. The molecule has 0 aliphatic heterocycles. The first-order chi connectivity index (χ1) is 9.38. The average molecular weight is 404 g/mol. The Bertz CT molecular complexity index is 692. The number of benzene rings is 2. The zero-order valence-electron chi connectivity index (χ0n) is 9.95. The van der Waals surface area contributed by atoms with Crippen molar-refractivity contribution in [1.29, 1.82) is 0 Å². The number of anilines is 3. The van der Waals surface area contributed by atoms with Crippen molar-refractivity contribution in [2.75, 3.05) is 11.1 Å². The topological polar surface area (TPSA) is 75.4 Å². The molecule has 0 atom stereocenters. The van der Waals surface area contributed by atoms with Crippen LogP contribution in [0.5, 0.6) is 0 Å². The molecule has 0 saturated carbocycles. The lowest BCUT2D eigenvalue weighted by molar-refractivity contribution is 0.0692. The number of rotatable bonds is 3. The van der Waals surface area contributed by atoms with E-state index in [-0.39, 0.29) is 5.69 Å². The number of halogens is 3. The maximum absolute atomic E-state index is 13.7. The summed E-state index contributed by atoms with van der Waals surface area (Å²) in [5.74, 6) is -2.20. The van der Waals surface area contributed by atoms with Gasteiger partial charge in [-0.15, -0.1) is 0 Å². The first kappa shape index (κ1) is 14.8. The van der Waals surface area contributed by atoms with E-state index in [1.54, 1.807) is 6.07 Å². The van der Waals surface area contributed by atoms with E-state index in [2.05, 4.69) is 37.2 Å². The van der Waals surface area contributed by atoms with Crippen molar-refractivity contribution in [3.8, 4) is 0 Å². The van der Waals surface area contributed by atoms with Gasteiger partial charge in [0.05, 0.1) is 22.6 Å². The van der Waals surface area contributed by atoms with Crippen LogP contribution in [0.25, 0.3) is 0 Å². The van der Waals surface area contributed by atoms with Crippen molar-refractivity contribution in [2.45, 2.75) is 0 Å². The van der Waals surface area contributed by atoms with Crippen molar-refractivity contribution >= 4 is 54.9 Å². The van der Waals surface area contributed by atoms with Gasteiger partial charge in [0.25, 0.3) is 0 Å². The van der Waals surface area contributed by atoms with Gasteiger partial charge >= 0.3 is 5.97 Å². The van der Waals surface area contributed by atoms with Gasteiger partial charge in [0, 0.05) is 15.0 Å². The molecular formula is C13H9Br2FN2O2. The quantitative estimate of drug-likeness (QED) is 0.665. The van der Waals surface area contributed by atoms with Gasteiger partial charge in [-0.25, -0.2) is 9.18 Å². The van der Waals surface area contributed by atoms with E-state index >= 15 is 0 Å². The molecule has 0 aliphatic rings. The number of carbonyl (C=O) groups is 1. The van der Waals surface area contributed by atoms with Gasteiger partial charge in [0.1, 0.15) is 5.82 Å². The monoisotopic (exact) mass is 402 g/mol. The van der Waals surface area contributed by atoms with Crippen LogP contribution in [0.2, 0.25) is 0 Å². The first-order valence-corrected chi connectivity index (χ1v) is 7.01. The Morgan fingerprint density at radius 3 is 2.55 bits per heavy atom. The van der Waals surface area contributed by atoms with E-state index in [0.717, 1.165) is 21.1 Å². The molecule has 20 heavy (non-hydrogen) atoms. The van der Waals surface area contributed by atoms with Crippen LogP contribution < -0.4 is 11.1 Å². The van der Waals surface area contributed by atoms with Crippen molar-refractivity contribution < 1.29 is 14.3 Å². The summed E-state index contributed by atoms with van der Waals surface area (Å²) in [6.07, 6.45) is 0. The third kappa shape index (κ3) is 3.10. The van der Waals surface area contributed by atoms with Crippen LogP contribution in [0.3, 0.4) is 0 Å². The molecule has 4 nitrogen and oxygen atoms in total. The summed E-state index contributed by atoms with van der Waals surface area (Å²) in [4.78, 5) is 10.8. The highest BCUT2D eigenvalue weighted by Gasteiger charge is 2.14. The van der Waals surface area contributed by atoms with E-state index in [1.807, 2.05) is 12.1 Å². The zero-order chi connectivity index (χ0) is 14.9. The van der Waals surface area contributed by atoms with Gasteiger partial charge < -0.3 is 16.2 Å². The molecule has 0 radical (unpaired) electrons. The maximum atomic E-state index is 13.7. The third-order valence-corrected chi connectivity index (χ3v) is 3.75. The number of nitrogen functional groups attached to an aromatic ring is 1. The summed E-state index contributed by atoms with van der Waals surface area (Å²) in [7, 11) is 0. The summed E-state index contributed by atoms with van der Waals surface area (Å²) in [5, 5.41) is 11.8. The third-order valence-electron chi connectivity index (χ3n) is 2.57. The predicted octanol–water partition coefficient (Wildman–Crippen LogP) is 4.37. The zero-order valence-corrected chi connectivity index (χ0v) is 13.1. The van der Waals surface area contributed by atoms with Gasteiger partial charge in [0.2, 0.25) is 0 Å². The summed E-state index contributed by atoms with van der Waals surface area (Å²) >= 11 is 6.69. The van der Waals surface area contributed by atoms with E-state index in [1.165, 1.54) is 0 Å². The Labute approximate surface area is 131 Å². The molecule has 0 bridgehead atoms. The van der Waals surface area contributed by atoms with Crippen LogP contribution in [0.15, 0.2) is 39.3 Å². The fraction of sp³-hybridized carbons (Fsp3) is 0. The van der Waals surface area contributed by atoms with Crippen LogP contribution in [0.1, 0.15) is 10.4 Å². The standard InChI is InChI=1S/C13H9Br2FN2O2/c14-6-1-2-8(15)11(3-6)18-12-5-9(16)7(13(19)20)4-10(12)17/h1-5,18H,17H2,(H,19,20). The molecule has 0 amide bonds. The van der Waals surface area contributed by atoms with Gasteiger partial charge in [-0.2, -0.15) is 0 Å².